The van der Waals surface area contributed by atoms with E-state index in [4.69, 9.17) is 10.5 Å². The summed E-state index contributed by atoms with van der Waals surface area (Å²) in [5, 5.41) is 28.7. The van der Waals surface area contributed by atoms with Crippen molar-refractivity contribution in [1.82, 2.24) is 10.3 Å². The molecule has 40 heavy (non-hydrogen) atoms. The number of nitrogens with one attached hydrogen (secondary N) is 3. The number of nitriles is 2. The van der Waals surface area contributed by atoms with Crippen LogP contribution in [-0.2, 0) is 6.54 Å². The summed E-state index contributed by atoms with van der Waals surface area (Å²) in [7, 11) is 0. The molecular weight excluding hydrogens is 494 g/mol. The second-order valence-electron chi connectivity index (χ2n) is 10.1. The van der Waals surface area contributed by atoms with E-state index in [1.54, 1.807) is 12.3 Å². The maximum atomic E-state index is 9.04. The van der Waals surface area contributed by atoms with Crippen molar-refractivity contribution in [2.45, 2.75) is 44.3 Å². The standard InChI is InChI=1S/C33H33N7/c34-20-25-6-9-28(10-7-25)38-29-11-15-31(16-12-29)40(24-36-22-26-4-2-1-3-5-26)32-17-13-30(14-18-32)39-33-19-8-27(21-35)23-37-33/h1-12,15-16,19,23,30,32,36,38H,13-14,17-18,22,24H2,(H,37,39)/t30-,32-. The first-order chi connectivity index (χ1) is 19.7. The monoisotopic (exact) mass is 527 g/mol. The molecule has 7 nitrogen and oxygen atoms in total. The molecule has 200 valence electrons. The van der Waals surface area contributed by atoms with Crippen molar-refractivity contribution >= 4 is 22.9 Å². The van der Waals surface area contributed by atoms with E-state index in [2.05, 4.69) is 86.5 Å². The van der Waals surface area contributed by atoms with Crippen molar-refractivity contribution in [3.63, 3.8) is 0 Å². The highest BCUT2D eigenvalue weighted by Gasteiger charge is 2.26. The molecule has 1 saturated carbocycles. The zero-order valence-corrected chi connectivity index (χ0v) is 22.4. The van der Waals surface area contributed by atoms with Gasteiger partial charge in [0.15, 0.2) is 0 Å². The van der Waals surface area contributed by atoms with Crippen molar-refractivity contribution in [2.24, 2.45) is 0 Å². The van der Waals surface area contributed by atoms with Crippen molar-refractivity contribution in [1.29, 1.82) is 10.5 Å². The molecule has 0 atom stereocenters. The first kappa shape index (κ1) is 26.7. The lowest BCUT2D eigenvalue weighted by Crippen LogP contribution is -2.45. The van der Waals surface area contributed by atoms with Crippen LogP contribution in [0.4, 0.5) is 22.9 Å². The molecule has 1 heterocycles. The van der Waals surface area contributed by atoms with Gasteiger partial charge in [-0.1, -0.05) is 30.3 Å². The molecular formula is C33H33N7. The van der Waals surface area contributed by atoms with Gasteiger partial charge in [-0.15, -0.1) is 0 Å². The van der Waals surface area contributed by atoms with Crippen LogP contribution in [0.3, 0.4) is 0 Å². The van der Waals surface area contributed by atoms with Gasteiger partial charge in [-0.3, -0.25) is 5.32 Å². The molecule has 0 saturated heterocycles. The largest absolute Gasteiger partial charge is 0.367 e. The van der Waals surface area contributed by atoms with Crippen LogP contribution < -0.4 is 20.9 Å². The molecule has 4 aromatic rings. The quantitative estimate of drug-likeness (QED) is 0.201. The number of pyridine rings is 1. The molecule has 1 aliphatic carbocycles. The van der Waals surface area contributed by atoms with Crippen LogP contribution in [0.1, 0.15) is 42.4 Å². The van der Waals surface area contributed by atoms with Gasteiger partial charge >= 0.3 is 0 Å². The summed E-state index contributed by atoms with van der Waals surface area (Å²) < 4.78 is 0. The van der Waals surface area contributed by atoms with E-state index in [1.165, 1.54) is 11.3 Å². The SMILES string of the molecule is N#Cc1ccc(Nc2ccc(N(CNCc3ccccc3)[C@H]3CC[C@H](Nc4ccc(C#N)cn4)CC3)cc2)cc1. The van der Waals surface area contributed by atoms with Crippen LogP contribution in [0.15, 0.2) is 97.2 Å². The number of rotatable bonds is 10. The van der Waals surface area contributed by atoms with Crippen molar-refractivity contribution in [2.75, 3.05) is 22.2 Å². The van der Waals surface area contributed by atoms with Crippen LogP contribution in [-0.4, -0.2) is 23.7 Å². The average Bonchev–Trinajstić information content (AvgIpc) is 3.02. The first-order valence-corrected chi connectivity index (χ1v) is 13.7. The number of hydrogen-bond acceptors (Lipinski definition) is 7. The van der Waals surface area contributed by atoms with E-state index in [0.717, 1.165) is 56.1 Å². The summed E-state index contributed by atoms with van der Waals surface area (Å²) in [6, 6.07) is 35.3. The van der Waals surface area contributed by atoms with Gasteiger partial charge in [-0.05, 0) is 91.9 Å². The summed E-state index contributed by atoms with van der Waals surface area (Å²) in [6.07, 6.45) is 5.88. The lowest BCUT2D eigenvalue weighted by Gasteiger charge is -2.39. The van der Waals surface area contributed by atoms with E-state index in [-0.39, 0.29) is 0 Å². The molecule has 3 aromatic carbocycles. The van der Waals surface area contributed by atoms with Gasteiger partial charge in [-0.2, -0.15) is 10.5 Å². The molecule has 1 aromatic heterocycles. The van der Waals surface area contributed by atoms with E-state index in [9.17, 15) is 0 Å². The highest BCUT2D eigenvalue weighted by atomic mass is 15.2. The third-order valence-corrected chi connectivity index (χ3v) is 7.34. The van der Waals surface area contributed by atoms with Crippen LogP contribution >= 0.6 is 0 Å². The third kappa shape index (κ3) is 7.17. The second-order valence-corrected chi connectivity index (χ2v) is 10.1. The Morgan fingerprint density at radius 3 is 2.02 bits per heavy atom. The Morgan fingerprint density at radius 1 is 0.750 bits per heavy atom. The molecule has 0 spiro atoms. The minimum absolute atomic E-state index is 0.370. The first-order valence-electron chi connectivity index (χ1n) is 13.7. The average molecular weight is 528 g/mol. The number of anilines is 4. The Hall–Kier alpha value is -4.85. The Bertz CT molecular complexity index is 1430. The predicted octanol–water partition coefficient (Wildman–Crippen LogP) is 6.55. The van der Waals surface area contributed by atoms with Crippen molar-refractivity contribution < 1.29 is 0 Å². The maximum absolute atomic E-state index is 9.04. The summed E-state index contributed by atoms with van der Waals surface area (Å²) >= 11 is 0. The Balaban J connectivity index is 1.23. The topological polar surface area (TPSA) is 99.8 Å². The molecule has 0 radical (unpaired) electrons. The van der Waals surface area contributed by atoms with Gasteiger partial charge in [0.25, 0.3) is 0 Å². The summed E-state index contributed by atoms with van der Waals surface area (Å²) in [5.74, 6) is 0.828. The fourth-order valence-corrected chi connectivity index (χ4v) is 5.17. The van der Waals surface area contributed by atoms with Gasteiger partial charge in [0.2, 0.25) is 0 Å². The van der Waals surface area contributed by atoms with Crippen LogP contribution in [0.2, 0.25) is 0 Å². The van der Waals surface area contributed by atoms with Crippen LogP contribution in [0, 0.1) is 22.7 Å². The molecule has 0 amide bonds. The molecule has 5 rings (SSSR count). The molecule has 0 bridgehead atoms. The maximum Gasteiger partial charge on any atom is 0.126 e. The normalized spacial score (nSPS) is 16.4. The number of aromatic nitrogens is 1. The molecule has 0 aliphatic heterocycles. The lowest BCUT2D eigenvalue weighted by molar-refractivity contribution is 0.382. The zero-order chi connectivity index (χ0) is 27.6. The summed E-state index contributed by atoms with van der Waals surface area (Å²) in [4.78, 5) is 6.88. The molecule has 0 unspecified atom stereocenters. The second kappa shape index (κ2) is 13.3. The van der Waals surface area contributed by atoms with Gasteiger partial charge < -0.3 is 15.5 Å². The lowest BCUT2D eigenvalue weighted by atomic mass is 9.90. The highest BCUT2D eigenvalue weighted by Crippen LogP contribution is 2.30. The highest BCUT2D eigenvalue weighted by molar-refractivity contribution is 5.63. The third-order valence-electron chi connectivity index (χ3n) is 7.34. The minimum atomic E-state index is 0.370. The van der Waals surface area contributed by atoms with Gasteiger partial charge in [0, 0.05) is 41.9 Å². The fraction of sp³-hybridized carbons (Fsp3) is 0.242. The Kier molecular flexibility index (Phi) is 8.88. The van der Waals surface area contributed by atoms with E-state index >= 15 is 0 Å². The number of hydrogen-bond donors (Lipinski definition) is 3. The van der Waals surface area contributed by atoms with Crippen LogP contribution in [0.25, 0.3) is 0 Å². The Morgan fingerprint density at radius 2 is 1.40 bits per heavy atom. The molecule has 1 aliphatic rings. The molecule has 1 fully saturated rings. The predicted molar refractivity (Wildman–Crippen MR) is 160 cm³/mol. The van der Waals surface area contributed by atoms with Crippen molar-refractivity contribution in [3.05, 3.63) is 114 Å². The molecule has 3 N–H and O–H groups in total. The minimum Gasteiger partial charge on any atom is -0.367 e. The van der Waals surface area contributed by atoms with E-state index in [1.807, 2.05) is 36.4 Å². The summed E-state index contributed by atoms with van der Waals surface area (Å²) in [5.41, 5.74) is 5.65. The van der Waals surface area contributed by atoms with Gasteiger partial charge in [-0.25, -0.2) is 4.98 Å². The van der Waals surface area contributed by atoms with E-state index < -0.39 is 0 Å². The number of nitrogens with zero attached hydrogens (tertiary/aromatic N) is 4. The fourth-order valence-electron chi connectivity index (χ4n) is 5.17. The van der Waals surface area contributed by atoms with Gasteiger partial charge in [0.1, 0.15) is 11.9 Å². The Labute approximate surface area is 236 Å². The number of benzene rings is 3. The van der Waals surface area contributed by atoms with E-state index in [0.29, 0.717) is 23.2 Å². The molecule has 7 heteroatoms. The van der Waals surface area contributed by atoms with Crippen molar-refractivity contribution in [3.8, 4) is 12.1 Å². The van der Waals surface area contributed by atoms with Crippen LogP contribution in [0.5, 0.6) is 0 Å². The summed E-state index contributed by atoms with van der Waals surface area (Å²) in [6.45, 7) is 1.58. The van der Waals surface area contributed by atoms with Gasteiger partial charge in [0.05, 0.1) is 23.9 Å². The zero-order valence-electron chi connectivity index (χ0n) is 22.4. The smallest absolute Gasteiger partial charge is 0.126 e.